The summed E-state index contributed by atoms with van der Waals surface area (Å²) in [4.78, 5) is 17.7. The maximum atomic E-state index is 11.6. The van der Waals surface area contributed by atoms with E-state index in [1.807, 2.05) is 37.9 Å². The molecule has 1 aromatic rings. The van der Waals surface area contributed by atoms with Crippen molar-refractivity contribution >= 4 is 29.9 Å². The minimum absolute atomic E-state index is 0. The Bertz CT molecular complexity index is 430. The molecule has 0 saturated carbocycles. The number of hydrogen-bond acceptors (Lipinski definition) is 3. The molecule has 106 valence electrons. The maximum Gasteiger partial charge on any atom is 0.338 e. The number of hydrogen-bond donors (Lipinski definition) is 0. The summed E-state index contributed by atoms with van der Waals surface area (Å²) in [6.07, 6.45) is 0.832. The van der Waals surface area contributed by atoms with E-state index in [1.54, 1.807) is 19.2 Å². The number of carbonyl (C=O) groups is 1. The Morgan fingerprint density at radius 3 is 2.37 bits per heavy atom. The molecule has 0 aromatic heterocycles. The molecule has 1 aromatic carbocycles. The number of ether oxygens (including phenoxy) is 1. The second-order valence-corrected chi connectivity index (χ2v) is 4.01. The first kappa shape index (κ1) is 17.4. The van der Waals surface area contributed by atoms with E-state index in [0.717, 1.165) is 17.9 Å². The largest absolute Gasteiger partial charge is 0.462 e. The minimum atomic E-state index is -0.271. The van der Waals surface area contributed by atoms with Crippen molar-refractivity contribution in [3.63, 3.8) is 0 Å². The van der Waals surface area contributed by atoms with Crippen molar-refractivity contribution in [3.05, 3.63) is 29.8 Å². The summed E-state index contributed by atoms with van der Waals surface area (Å²) in [5.41, 5.74) is 1.57. The van der Waals surface area contributed by atoms with E-state index in [-0.39, 0.29) is 18.4 Å². The van der Waals surface area contributed by atoms with E-state index in [4.69, 9.17) is 4.74 Å². The number of carbonyl (C=O) groups excluding carboxylic acids is 1. The molecule has 0 fully saturated rings. The molecule has 0 heterocycles. The zero-order chi connectivity index (χ0) is 13.5. The molecule has 1 rings (SSSR count). The summed E-state index contributed by atoms with van der Waals surface area (Å²) in [6, 6.07) is 7.31. The molecular formula is C14H21ClN2O2. The van der Waals surface area contributed by atoms with Crippen LogP contribution in [-0.4, -0.2) is 32.5 Å². The van der Waals surface area contributed by atoms with Crippen LogP contribution in [0.15, 0.2) is 29.3 Å². The molecule has 0 bridgehead atoms. The summed E-state index contributed by atoms with van der Waals surface area (Å²) in [7, 11) is 3.69. The quantitative estimate of drug-likeness (QED) is 0.484. The summed E-state index contributed by atoms with van der Waals surface area (Å²) in [5, 5.41) is 0. The predicted octanol–water partition coefficient (Wildman–Crippen LogP) is 3.16. The monoisotopic (exact) mass is 284 g/mol. The van der Waals surface area contributed by atoms with Crippen molar-refractivity contribution in [2.24, 2.45) is 4.99 Å². The Labute approximate surface area is 120 Å². The van der Waals surface area contributed by atoms with Gasteiger partial charge in [0.05, 0.1) is 18.0 Å². The second-order valence-electron chi connectivity index (χ2n) is 4.01. The molecule has 0 spiro atoms. The summed E-state index contributed by atoms with van der Waals surface area (Å²) >= 11 is 0. The zero-order valence-electron chi connectivity index (χ0n) is 11.8. The van der Waals surface area contributed by atoms with Gasteiger partial charge in [-0.05, 0) is 37.6 Å². The minimum Gasteiger partial charge on any atom is -0.462 e. The van der Waals surface area contributed by atoms with Gasteiger partial charge in [-0.3, -0.25) is 4.99 Å². The molecule has 0 amide bonds. The molecule has 0 aliphatic carbocycles. The smallest absolute Gasteiger partial charge is 0.338 e. The molecule has 0 aliphatic heterocycles. The van der Waals surface area contributed by atoms with E-state index in [1.165, 1.54) is 0 Å². The van der Waals surface area contributed by atoms with Crippen molar-refractivity contribution in [3.8, 4) is 0 Å². The van der Waals surface area contributed by atoms with E-state index >= 15 is 0 Å². The van der Waals surface area contributed by atoms with Crippen molar-refractivity contribution in [2.45, 2.75) is 20.3 Å². The molecule has 0 radical (unpaired) electrons. The fourth-order valence-corrected chi connectivity index (χ4v) is 1.44. The molecule has 0 unspecified atom stereocenters. The average Bonchev–Trinajstić information content (AvgIpc) is 2.43. The van der Waals surface area contributed by atoms with Crippen molar-refractivity contribution in [2.75, 3.05) is 25.6 Å². The van der Waals surface area contributed by atoms with Crippen LogP contribution in [-0.2, 0) is 4.74 Å². The number of aliphatic imine (C=N–C) groups is 1. The van der Waals surface area contributed by atoms with Gasteiger partial charge in [0.15, 0.2) is 0 Å². The summed E-state index contributed by atoms with van der Waals surface area (Å²) in [5.74, 6) is 0.642. The van der Waals surface area contributed by atoms with Crippen LogP contribution in [0.1, 0.15) is 30.6 Å². The van der Waals surface area contributed by atoms with Crippen LogP contribution >= 0.6 is 12.4 Å². The lowest BCUT2D eigenvalue weighted by atomic mass is 10.2. The lowest BCUT2D eigenvalue weighted by molar-refractivity contribution is 0.0505. The SMILES string of the molecule is CCCOC(=O)c1ccc(N(C)C(C)=NC)cc1.Cl. The van der Waals surface area contributed by atoms with E-state index in [2.05, 4.69) is 4.99 Å². The highest BCUT2D eigenvalue weighted by molar-refractivity contribution is 5.96. The standard InChI is InChI=1S/C14H20N2O2.ClH/c1-5-10-18-14(17)12-6-8-13(9-7-12)16(4)11(2)15-3;/h6-9H,5,10H2,1-4H3;1H. The van der Waals surface area contributed by atoms with Crippen LogP contribution < -0.4 is 4.90 Å². The van der Waals surface area contributed by atoms with Gasteiger partial charge in [-0.25, -0.2) is 4.79 Å². The van der Waals surface area contributed by atoms with E-state index in [9.17, 15) is 4.79 Å². The molecular weight excluding hydrogens is 264 g/mol. The van der Waals surface area contributed by atoms with Crippen molar-refractivity contribution in [1.29, 1.82) is 0 Å². The third kappa shape index (κ3) is 4.91. The molecule has 19 heavy (non-hydrogen) atoms. The first-order chi connectivity index (χ1) is 8.60. The fraction of sp³-hybridized carbons (Fsp3) is 0.429. The fourth-order valence-electron chi connectivity index (χ4n) is 1.44. The van der Waals surface area contributed by atoms with Crippen LogP contribution in [0.4, 0.5) is 5.69 Å². The lowest BCUT2D eigenvalue weighted by Crippen LogP contribution is -2.23. The number of nitrogens with zero attached hydrogens (tertiary/aromatic N) is 2. The molecule has 5 heteroatoms. The Morgan fingerprint density at radius 1 is 1.32 bits per heavy atom. The van der Waals surface area contributed by atoms with Crippen molar-refractivity contribution < 1.29 is 9.53 Å². The second kappa shape index (κ2) is 8.53. The van der Waals surface area contributed by atoms with Gasteiger partial charge in [0.25, 0.3) is 0 Å². The van der Waals surface area contributed by atoms with E-state index < -0.39 is 0 Å². The Kier molecular flexibility index (Phi) is 7.84. The van der Waals surface area contributed by atoms with Gasteiger partial charge in [0.2, 0.25) is 0 Å². The van der Waals surface area contributed by atoms with Crippen LogP contribution in [0, 0.1) is 0 Å². The highest BCUT2D eigenvalue weighted by Gasteiger charge is 2.08. The third-order valence-corrected chi connectivity index (χ3v) is 2.74. The summed E-state index contributed by atoms with van der Waals surface area (Å²) < 4.78 is 5.07. The molecule has 0 saturated heterocycles. The highest BCUT2D eigenvalue weighted by atomic mass is 35.5. The normalized spacial score (nSPS) is 10.6. The first-order valence-electron chi connectivity index (χ1n) is 6.04. The van der Waals surface area contributed by atoms with E-state index in [0.29, 0.717) is 12.2 Å². The number of benzene rings is 1. The molecule has 0 atom stereocenters. The zero-order valence-corrected chi connectivity index (χ0v) is 12.7. The Balaban J connectivity index is 0.00000324. The number of rotatable bonds is 4. The lowest BCUT2D eigenvalue weighted by Gasteiger charge is -2.18. The number of esters is 1. The Hall–Kier alpha value is -1.55. The predicted molar refractivity (Wildman–Crippen MR) is 81.7 cm³/mol. The summed E-state index contributed by atoms with van der Waals surface area (Å²) in [6.45, 7) is 4.36. The van der Waals surface area contributed by atoms with Crippen molar-refractivity contribution in [1.82, 2.24) is 0 Å². The third-order valence-electron chi connectivity index (χ3n) is 2.74. The molecule has 4 nitrogen and oxygen atoms in total. The van der Waals surface area contributed by atoms with Gasteiger partial charge in [0.1, 0.15) is 0 Å². The topological polar surface area (TPSA) is 41.9 Å². The average molecular weight is 285 g/mol. The molecule has 0 N–H and O–H groups in total. The highest BCUT2D eigenvalue weighted by Crippen LogP contribution is 2.15. The van der Waals surface area contributed by atoms with Gasteiger partial charge in [-0.2, -0.15) is 0 Å². The van der Waals surface area contributed by atoms with Crippen LogP contribution in [0.5, 0.6) is 0 Å². The van der Waals surface area contributed by atoms with Gasteiger partial charge >= 0.3 is 5.97 Å². The first-order valence-corrected chi connectivity index (χ1v) is 6.04. The van der Waals surface area contributed by atoms with Crippen LogP contribution in [0.2, 0.25) is 0 Å². The van der Waals surface area contributed by atoms with Crippen LogP contribution in [0.25, 0.3) is 0 Å². The van der Waals surface area contributed by atoms with Gasteiger partial charge in [-0.15, -0.1) is 12.4 Å². The Morgan fingerprint density at radius 2 is 1.89 bits per heavy atom. The van der Waals surface area contributed by atoms with Gasteiger partial charge in [0, 0.05) is 19.8 Å². The maximum absolute atomic E-state index is 11.6. The van der Waals surface area contributed by atoms with Gasteiger partial charge in [-0.1, -0.05) is 6.92 Å². The van der Waals surface area contributed by atoms with Crippen LogP contribution in [0.3, 0.4) is 0 Å². The number of anilines is 1. The van der Waals surface area contributed by atoms with Gasteiger partial charge < -0.3 is 9.64 Å². The number of halogens is 1. The molecule has 0 aliphatic rings. The number of amidine groups is 1.